The molecule has 0 N–H and O–H groups in total. The first-order valence-electron chi connectivity index (χ1n) is 6.46. The maximum atomic E-state index is 4.53. The fraction of sp³-hybridized carbons (Fsp3) is 0.0588. The summed E-state index contributed by atoms with van der Waals surface area (Å²) in [6.45, 7) is 5.97. The predicted molar refractivity (Wildman–Crippen MR) is 83.9 cm³/mol. The smallest absolute Gasteiger partial charge is 0.110 e. The van der Waals surface area contributed by atoms with Crippen molar-refractivity contribution in [2.75, 3.05) is 0 Å². The summed E-state index contributed by atoms with van der Waals surface area (Å²) in [6.07, 6.45) is 7.50. The second-order valence-electron chi connectivity index (χ2n) is 4.62. The van der Waals surface area contributed by atoms with Crippen LogP contribution in [0.3, 0.4) is 0 Å². The molecule has 0 saturated carbocycles. The topological polar surface area (TPSA) is 30.2 Å². The highest BCUT2D eigenvalue weighted by molar-refractivity contribution is 5.94. The molecular formula is C17H15N3. The van der Waals surface area contributed by atoms with Crippen LogP contribution in [-0.4, -0.2) is 15.4 Å². The Bertz CT molecular complexity index is 888. The van der Waals surface area contributed by atoms with E-state index in [4.69, 9.17) is 0 Å². The lowest BCUT2D eigenvalue weighted by atomic mass is 10.2. The Morgan fingerprint density at radius 3 is 2.95 bits per heavy atom. The lowest BCUT2D eigenvalue weighted by Crippen LogP contribution is -2.21. The summed E-state index contributed by atoms with van der Waals surface area (Å²) in [5.41, 5.74) is 1.06. The minimum absolute atomic E-state index is 0.899. The van der Waals surface area contributed by atoms with E-state index in [1.54, 1.807) is 6.20 Å². The average molecular weight is 261 g/mol. The first-order valence-corrected chi connectivity index (χ1v) is 6.46. The highest BCUT2D eigenvalue weighted by Crippen LogP contribution is 2.13. The van der Waals surface area contributed by atoms with Gasteiger partial charge >= 0.3 is 0 Å². The van der Waals surface area contributed by atoms with E-state index in [0.29, 0.717) is 0 Å². The van der Waals surface area contributed by atoms with Crippen LogP contribution in [0.25, 0.3) is 23.7 Å². The summed E-state index contributed by atoms with van der Waals surface area (Å²) >= 11 is 0. The molecule has 0 amide bonds. The minimum atomic E-state index is 0.899. The SMILES string of the molecule is C=c1cccc/c1=C/N=C(C)n1ccc2ccncc21. The van der Waals surface area contributed by atoms with Crippen LogP contribution in [0.2, 0.25) is 0 Å². The summed E-state index contributed by atoms with van der Waals surface area (Å²) in [6, 6.07) is 12.0. The largest absolute Gasteiger partial charge is 0.303 e. The number of aromatic nitrogens is 2. The first-order chi connectivity index (χ1) is 9.75. The van der Waals surface area contributed by atoms with Gasteiger partial charge in [-0.2, -0.15) is 0 Å². The molecule has 3 aromatic rings. The molecule has 0 atom stereocenters. The van der Waals surface area contributed by atoms with E-state index in [-0.39, 0.29) is 0 Å². The number of hydrogen-bond acceptors (Lipinski definition) is 2. The zero-order chi connectivity index (χ0) is 13.9. The van der Waals surface area contributed by atoms with Crippen molar-refractivity contribution in [2.24, 2.45) is 4.99 Å². The van der Waals surface area contributed by atoms with E-state index >= 15 is 0 Å². The number of pyridine rings is 1. The number of hydrogen-bond donors (Lipinski definition) is 0. The fourth-order valence-corrected chi connectivity index (χ4v) is 2.14. The van der Waals surface area contributed by atoms with Gasteiger partial charge in [0.15, 0.2) is 0 Å². The molecule has 0 aliphatic carbocycles. The summed E-state index contributed by atoms with van der Waals surface area (Å²) in [7, 11) is 0. The molecule has 0 saturated heterocycles. The second-order valence-corrected chi connectivity index (χ2v) is 4.62. The number of aliphatic imine (C=N–C) groups is 1. The van der Waals surface area contributed by atoms with Gasteiger partial charge in [0.2, 0.25) is 0 Å². The zero-order valence-corrected chi connectivity index (χ0v) is 11.3. The zero-order valence-electron chi connectivity index (χ0n) is 11.3. The van der Waals surface area contributed by atoms with Crippen molar-refractivity contribution in [1.29, 1.82) is 0 Å². The second kappa shape index (κ2) is 5.13. The van der Waals surface area contributed by atoms with Gasteiger partial charge in [0.05, 0.1) is 11.7 Å². The Kier molecular flexibility index (Phi) is 3.17. The summed E-state index contributed by atoms with van der Waals surface area (Å²) in [4.78, 5) is 8.70. The van der Waals surface area contributed by atoms with Crippen molar-refractivity contribution >= 4 is 29.5 Å². The molecule has 2 heterocycles. The number of fused-ring (bicyclic) bond motifs is 1. The van der Waals surface area contributed by atoms with Gasteiger partial charge in [0, 0.05) is 24.0 Å². The molecule has 0 fully saturated rings. The van der Waals surface area contributed by atoms with Crippen LogP contribution in [0.1, 0.15) is 6.92 Å². The monoisotopic (exact) mass is 261 g/mol. The van der Waals surface area contributed by atoms with Crippen LogP contribution >= 0.6 is 0 Å². The Hall–Kier alpha value is -2.68. The lowest BCUT2D eigenvalue weighted by molar-refractivity contribution is 1.18. The summed E-state index contributed by atoms with van der Waals surface area (Å²) in [5.74, 6) is 0.899. The molecule has 0 bridgehead atoms. The summed E-state index contributed by atoms with van der Waals surface area (Å²) in [5, 5.41) is 3.16. The molecule has 0 unspecified atom stereocenters. The van der Waals surface area contributed by atoms with Crippen molar-refractivity contribution < 1.29 is 0 Å². The normalized spacial score (nSPS) is 13.1. The molecule has 3 heteroatoms. The van der Waals surface area contributed by atoms with Gasteiger partial charge in [0.25, 0.3) is 0 Å². The van der Waals surface area contributed by atoms with Gasteiger partial charge in [-0.25, -0.2) is 4.99 Å². The van der Waals surface area contributed by atoms with Gasteiger partial charge < -0.3 is 4.57 Å². The van der Waals surface area contributed by atoms with Gasteiger partial charge in [-0.1, -0.05) is 30.8 Å². The molecule has 3 nitrogen and oxygen atoms in total. The molecule has 0 aliphatic heterocycles. The van der Waals surface area contributed by atoms with Gasteiger partial charge in [-0.15, -0.1) is 0 Å². The van der Waals surface area contributed by atoms with Crippen molar-refractivity contribution in [3.63, 3.8) is 0 Å². The quantitative estimate of drug-likeness (QED) is 0.487. The van der Waals surface area contributed by atoms with Gasteiger partial charge in [-0.3, -0.25) is 4.98 Å². The van der Waals surface area contributed by atoms with Crippen LogP contribution in [0, 0.1) is 0 Å². The predicted octanol–water partition coefficient (Wildman–Crippen LogP) is 2.15. The Labute approximate surface area is 117 Å². The highest BCUT2D eigenvalue weighted by atomic mass is 15.0. The van der Waals surface area contributed by atoms with Crippen molar-refractivity contribution in [1.82, 2.24) is 9.55 Å². The molecule has 98 valence electrons. The fourth-order valence-electron chi connectivity index (χ4n) is 2.14. The van der Waals surface area contributed by atoms with E-state index in [0.717, 1.165) is 27.2 Å². The molecule has 2 aromatic heterocycles. The van der Waals surface area contributed by atoms with E-state index < -0.39 is 0 Å². The molecular weight excluding hydrogens is 246 g/mol. The van der Waals surface area contributed by atoms with Gasteiger partial charge in [-0.05, 0) is 29.5 Å². The standard InChI is InChI=1S/C17H15N3/c1-13-5-3-4-6-16(13)11-19-14(2)20-10-8-15-7-9-18-12-17(15)20/h3-12H,1H2,2H3/b16-11-,19-14?. The molecule has 0 spiro atoms. The van der Waals surface area contributed by atoms with Crippen molar-refractivity contribution in [3.8, 4) is 0 Å². The van der Waals surface area contributed by atoms with Crippen LogP contribution in [0.15, 0.2) is 60.0 Å². The van der Waals surface area contributed by atoms with Crippen LogP contribution in [0.5, 0.6) is 0 Å². The molecule has 1 aromatic carbocycles. The van der Waals surface area contributed by atoms with E-state index in [9.17, 15) is 0 Å². The first kappa shape index (κ1) is 12.4. The van der Waals surface area contributed by atoms with Crippen LogP contribution in [-0.2, 0) is 0 Å². The third kappa shape index (κ3) is 2.26. The number of nitrogens with zero attached hydrogens (tertiary/aromatic N) is 3. The Morgan fingerprint density at radius 1 is 1.25 bits per heavy atom. The van der Waals surface area contributed by atoms with E-state index in [1.165, 1.54) is 0 Å². The Balaban J connectivity index is 2.07. The average Bonchev–Trinajstić information content (AvgIpc) is 2.90. The lowest BCUT2D eigenvalue weighted by Gasteiger charge is -2.02. The van der Waals surface area contributed by atoms with E-state index in [2.05, 4.69) is 22.6 Å². The molecule has 3 rings (SSSR count). The molecule has 0 aliphatic rings. The molecule has 20 heavy (non-hydrogen) atoms. The third-order valence-electron chi connectivity index (χ3n) is 3.29. The minimum Gasteiger partial charge on any atom is -0.303 e. The maximum absolute atomic E-state index is 4.53. The van der Waals surface area contributed by atoms with E-state index in [1.807, 2.05) is 60.4 Å². The highest BCUT2D eigenvalue weighted by Gasteiger charge is 2.01. The van der Waals surface area contributed by atoms with Gasteiger partial charge in [0.1, 0.15) is 5.84 Å². The van der Waals surface area contributed by atoms with Crippen LogP contribution < -0.4 is 10.4 Å². The number of benzene rings is 1. The third-order valence-corrected chi connectivity index (χ3v) is 3.29. The van der Waals surface area contributed by atoms with Crippen molar-refractivity contribution in [3.05, 3.63) is 65.4 Å². The van der Waals surface area contributed by atoms with Crippen molar-refractivity contribution in [2.45, 2.75) is 6.92 Å². The Morgan fingerprint density at radius 2 is 2.10 bits per heavy atom. The molecule has 0 radical (unpaired) electrons. The summed E-state index contributed by atoms with van der Waals surface area (Å²) < 4.78 is 2.03. The maximum Gasteiger partial charge on any atom is 0.110 e. The number of rotatable bonds is 1. The van der Waals surface area contributed by atoms with Crippen LogP contribution in [0.4, 0.5) is 0 Å².